The minimum absolute atomic E-state index is 0.214. The van der Waals surface area contributed by atoms with Gasteiger partial charge in [0.15, 0.2) is 0 Å². The van der Waals surface area contributed by atoms with Crippen LogP contribution in [0.4, 0.5) is 11.4 Å². The van der Waals surface area contributed by atoms with Gasteiger partial charge in [0.1, 0.15) is 0 Å². The molecule has 2 nitrogen and oxygen atoms in total. The molecule has 2 aromatic carbocycles. The minimum atomic E-state index is 0.214. The molecule has 0 amide bonds. The second-order valence-corrected chi connectivity index (χ2v) is 8.88. The molecule has 0 bridgehead atoms. The summed E-state index contributed by atoms with van der Waals surface area (Å²) in [5.74, 6) is 0. The van der Waals surface area contributed by atoms with E-state index in [0.29, 0.717) is 0 Å². The average molecular weight is 355 g/mol. The van der Waals surface area contributed by atoms with E-state index in [0.717, 1.165) is 25.9 Å². The van der Waals surface area contributed by atoms with Crippen LogP contribution in [0.25, 0.3) is 0 Å². The highest BCUT2D eigenvalue weighted by molar-refractivity contribution is 7.99. The fourth-order valence-corrected chi connectivity index (χ4v) is 4.32. The van der Waals surface area contributed by atoms with E-state index in [1.807, 2.05) is 11.8 Å². The van der Waals surface area contributed by atoms with Gasteiger partial charge in [-0.15, -0.1) is 0 Å². The topological polar surface area (TPSA) is 6.48 Å². The zero-order chi connectivity index (χ0) is 18.0. The molecule has 1 aliphatic heterocycles. The molecular formula is C22H30N2S. The molecule has 1 aliphatic rings. The summed E-state index contributed by atoms with van der Waals surface area (Å²) in [7, 11) is 4.30. The van der Waals surface area contributed by atoms with Gasteiger partial charge in [-0.05, 0) is 68.7 Å². The average Bonchev–Trinajstić information content (AvgIpc) is 2.60. The van der Waals surface area contributed by atoms with Gasteiger partial charge in [-0.2, -0.15) is 0 Å². The molecule has 0 fully saturated rings. The number of rotatable bonds is 6. The fourth-order valence-electron chi connectivity index (χ4n) is 3.24. The first-order valence-corrected chi connectivity index (χ1v) is 10.1. The van der Waals surface area contributed by atoms with Gasteiger partial charge in [0.25, 0.3) is 0 Å². The quantitative estimate of drug-likeness (QED) is 0.635. The molecule has 1 heterocycles. The first kappa shape index (κ1) is 18.3. The minimum Gasteiger partial charge on any atom is -0.340 e. The molecule has 0 aromatic heterocycles. The van der Waals surface area contributed by atoms with Gasteiger partial charge in [0.2, 0.25) is 0 Å². The van der Waals surface area contributed by atoms with Gasteiger partial charge in [-0.25, -0.2) is 0 Å². The highest BCUT2D eigenvalue weighted by Crippen LogP contribution is 2.49. The maximum atomic E-state index is 2.53. The molecule has 0 atom stereocenters. The van der Waals surface area contributed by atoms with E-state index in [1.54, 1.807) is 0 Å². The fraction of sp³-hybridized carbons (Fsp3) is 0.455. The summed E-state index contributed by atoms with van der Waals surface area (Å²) in [6.07, 6.45) is 2.31. The molecular weight excluding hydrogens is 324 g/mol. The van der Waals surface area contributed by atoms with Crippen LogP contribution in [0.3, 0.4) is 0 Å². The second kappa shape index (κ2) is 7.43. The van der Waals surface area contributed by atoms with Crippen molar-refractivity contribution in [2.75, 3.05) is 32.1 Å². The summed E-state index contributed by atoms with van der Waals surface area (Å²) in [6, 6.07) is 15.9. The van der Waals surface area contributed by atoms with Crippen molar-refractivity contribution in [1.82, 2.24) is 4.90 Å². The van der Waals surface area contributed by atoms with Crippen LogP contribution in [-0.4, -0.2) is 32.1 Å². The third-order valence-corrected chi connectivity index (χ3v) is 6.41. The Labute approximate surface area is 157 Å². The lowest BCUT2D eigenvalue weighted by molar-refractivity contribution is 0.402. The third kappa shape index (κ3) is 3.88. The summed E-state index contributed by atoms with van der Waals surface area (Å²) < 4.78 is 0. The molecule has 2 aromatic rings. The van der Waals surface area contributed by atoms with Crippen LogP contribution < -0.4 is 4.90 Å². The number of fused-ring (bicyclic) bond motifs is 2. The van der Waals surface area contributed by atoms with E-state index in [1.165, 1.54) is 26.7 Å². The van der Waals surface area contributed by atoms with E-state index in [4.69, 9.17) is 0 Å². The Bertz CT molecular complexity index is 737. The van der Waals surface area contributed by atoms with E-state index < -0.39 is 0 Å². The molecule has 0 aliphatic carbocycles. The zero-order valence-electron chi connectivity index (χ0n) is 16.2. The van der Waals surface area contributed by atoms with Gasteiger partial charge in [-0.1, -0.05) is 50.7 Å². The van der Waals surface area contributed by atoms with Crippen molar-refractivity contribution in [1.29, 1.82) is 0 Å². The lowest BCUT2D eigenvalue weighted by atomic mass is 9.82. The lowest BCUT2D eigenvalue weighted by Gasteiger charge is -2.35. The van der Waals surface area contributed by atoms with Crippen molar-refractivity contribution in [2.24, 2.45) is 0 Å². The van der Waals surface area contributed by atoms with Crippen LogP contribution in [0.2, 0.25) is 0 Å². The highest BCUT2D eigenvalue weighted by Gasteiger charge is 2.26. The van der Waals surface area contributed by atoms with Crippen LogP contribution in [0.15, 0.2) is 52.3 Å². The van der Waals surface area contributed by atoms with Gasteiger partial charge >= 0.3 is 0 Å². The van der Waals surface area contributed by atoms with Crippen molar-refractivity contribution >= 4 is 23.1 Å². The number of para-hydroxylation sites is 1. The Balaban J connectivity index is 1.99. The van der Waals surface area contributed by atoms with E-state index >= 15 is 0 Å². The normalized spacial score (nSPS) is 13.8. The summed E-state index contributed by atoms with van der Waals surface area (Å²) in [6.45, 7) is 9.13. The SMILES string of the molecule is CCC(C)(C)c1ccc2c(c1)N(CCCN(C)C)c1ccccc1S2. The van der Waals surface area contributed by atoms with E-state index in [-0.39, 0.29) is 5.41 Å². The summed E-state index contributed by atoms with van der Waals surface area (Å²) in [4.78, 5) is 7.53. The van der Waals surface area contributed by atoms with Gasteiger partial charge < -0.3 is 9.80 Å². The molecule has 3 heteroatoms. The number of hydrogen-bond acceptors (Lipinski definition) is 3. The third-order valence-electron chi connectivity index (χ3n) is 5.28. The molecule has 0 saturated carbocycles. The van der Waals surface area contributed by atoms with Gasteiger partial charge in [-0.3, -0.25) is 0 Å². The molecule has 0 spiro atoms. The van der Waals surface area contributed by atoms with Crippen LogP contribution in [-0.2, 0) is 5.41 Å². The highest BCUT2D eigenvalue weighted by atomic mass is 32.2. The maximum absolute atomic E-state index is 2.53. The summed E-state index contributed by atoms with van der Waals surface area (Å²) >= 11 is 1.90. The number of nitrogens with zero attached hydrogens (tertiary/aromatic N) is 2. The van der Waals surface area contributed by atoms with Crippen LogP contribution >= 0.6 is 11.8 Å². The Morgan fingerprint density at radius 1 is 1.00 bits per heavy atom. The molecule has 0 saturated heterocycles. The van der Waals surface area contributed by atoms with Crippen LogP contribution in [0, 0.1) is 0 Å². The Morgan fingerprint density at radius 2 is 1.72 bits per heavy atom. The van der Waals surface area contributed by atoms with Crippen molar-refractivity contribution in [3.05, 3.63) is 48.0 Å². The van der Waals surface area contributed by atoms with E-state index in [2.05, 4.69) is 87.1 Å². The molecule has 0 radical (unpaired) electrons. The predicted octanol–water partition coefficient (Wildman–Crippen LogP) is 5.93. The lowest BCUT2D eigenvalue weighted by Crippen LogP contribution is -2.26. The van der Waals surface area contributed by atoms with Gasteiger partial charge in [0.05, 0.1) is 11.4 Å². The number of benzene rings is 2. The van der Waals surface area contributed by atoms with Crippen molar-refractivity contribution in [2.45, 2.75) is 48.8 Å². The molecule has 134 valence electrons. The number of hydrogen-bond donors (Lipinski definition) is 0. The van der Waals surface area contributed by atoms with E-state index in [9.17, 15) is 0 Å². The maximum Gasteiger partial charge on any atom is 0.0555 e. The number of anilines is 2. The second-order valence-electron chi connectivity index (χ2n) is 7.80. The van der Waals surface area contributed by atoms with Crippen molar-refractivity contribution in [3.8, 4) is 0 Å². The van der Waals surface area contributed by atoms with Crippen LogP contribution in [0.1, 0.15) is 39.2 Å². The largest absolute Gasteiger partial charge is 0.340 e. The standard InChI is InChI=1S/C22H30N2S/c1-6-22(2,3)17-12-13-21-19(16-17)24(15-9-14-23(4)5)18-10-7-8-11-20(18)25-21/h7-8,10-13,16H,6,9,14-15H2,1-5H3. The zero-order valence-corrected chi connectivity index (χ0v) is 17.0. The Morgan fingerprint density at radius 3 is 2.44 bits per heavy atom. The monoisotopic (exact) mass is 354 g/mol. The van der Waals surface area contributed by atoms with Crippen molar-refractivity contribution in [3.63, 3.8) is 0 Å². The molecule has 3 rings (SSSR count). The summed E-state index contributed by atoms with van der Waals surface area (Å²) in [5.41, 5.74) is 4.38. The summed E-state index contributed by atoms with van der Waals surface area (Å²) in [5, 5.41) is 0. The predicted molar refractivity (Wildman–Crippen MR) is 111 cm³/mol. The first-order chi connectivity index (χ1) is 11.9. The first-order valence-electron chi connectivity index (χ1n) is 9.26. The molecule has 0 unspecified atom stereocenters. The Kier molecular flexibility index (Phi) is 5.45. The van der Waals surface area contributed by atoms with Gasteiger partial charge in [0, 0.05) is 16.3 Å². The van der Waals surface area contributed by atoms with Crippen molar-refractivity contribution < 1.29 is 0 Å². The van der Waals surface area contributed by atoms with Crippen LogP contribution in [0.5, 0.6) is 0 Å². The smallest absolute Gasteiger partial charge is 0.0555 e. The Hall–Kier alpha value is -1.45. The molecule has 0 N–H and O–H groups in total. The molecule has 25 heavy (non-hydrogen) atoms.